The molecule has 1 aliphatic rings. The summed E-state index contributed by atoms with van der Waals surface area (Å²) in [5.74, 6) is 0. The van der Waals surface area contributed by atoms with Gasteiger partial charge in [-0.1, -0.05) is 13.8 Å². The maximum Gasteiger partial charge on any atom is 0.108 e. The molecule has 0 aromatic rings. The molecule has 1 unspecified atom stereocenters. The monoisotopic (exact) mass is 209 g/mol. The Morgan fingerprint density at radius 2 is 2.13 bits per heavy atom. The van der Waals surface area contributed by atoms with E-state index in [4.69, 9.17) is 5.26 Å². The van der Waals surface area contributed by atoms with E-state index in [9.17, 15) is 0 Å². The van der Waals surface area contributed by atoms with E-state index in [0.29, 0.717) is 5.41 Å². The normalized spacial score (nSPS) is 22.5. The smallest absolute Gasteiger partial charge is 0.108 e. The van der Waals surface area contributed by atoms with Crippen LogP contribution in [0.4, 0.5) is 0 Å². The second-order valence-electron chi connectivity index (χ2n) is 4.66. The van der Waals surface area contributed by atoms with Crippen molar-refractivity contribution in [2.75, 3.05) is 26.7 Å². The summed E-state index contributed by atoms with van der Waals surface area (Å²) in [5.41, 5.74) is 0.522. The van der Waals surface area contributed by atoms with E-state index >= 15 is 0 Å². The zero-order chi connectivity index (χ0) is 11.3. The van der Waals surface area contributed by atoms with E-state index in [1.54, 1.807) is 0 Å². The van der Waals surface area contributed by atoms with Crippen molar-refractivity contribution in [3.05, 3.63) is 0 Å². The summed E-state index contributed by atoms with van der Waals surface area (Å²) in [6.45, 7) is 7.76. The maximum absolute atomic E-state index is 8.89. The number of nitriles is 1. The predicted octanol–water partition coefficient (Wildman–Crippen LogP) is 1.61. The first-order valence-corrected chi connectivity index (χ1v) is 5.99. The third kappa shape index (κ3) is 2.93. The molecule has 0 radical (unpaired) electrons. The molecule has 1 heterocycles. The Labute approximate surface area is 93.5 Å². The standard InChI is InChI=1S/C12H23N3/c1-4-12(5-2)6-7-15(10-12)9-11(8-13)14-3/h11,14H,4-7,9-10H2,1-3H3. The Morgan fingerprint density at radius 1 is 1.47 bits per heavy atom. The van der Waals surface area contributed by atoms with Crippen LogP contribution in [0.25, 0.3) is 0 Å². The lowest BCUT2D eigenvalue weighted by Gasteiger charge is -2.27. The van der Waals surface area contributed by atoms with Crippen LogP contribution in [0, 0.1) is 16.7 Å². The van der Waals surface area contributed by atoms with Crippen molar-refractivity contribution in [3.8, 4) is 6.07 Å². The van der Waals surface area contributed by atoms with Crippen LogP contribution in [0.1, 0.15) is 33.1 Å². The van der Waals surface area contributed by atoms with Gasteiger partial charge >= 0.3 is 0 Å². The number of hydrogen-bond donors (Lipinski definition) is 1. The van der Waals surface area contributed by atoms with Crippen LogP contribution in [-0.2, 0) is 0 Å². The number of nitrogens with one attached hydrogen (secondary N) is 1. The van der Waals surface area contributed by atoms with E-state index in [1.807, 2.05) is 7.05 Å². The third-order valence-electron chi connectivity index (χ3n) is 3.96. The predicted molar refractivity (Wildman–Crippen MR) is 62.5 cm³/mol. The Morgan fingerprint density at radius 3 is 2.53 bits per heavy atom. The highest BCUT2D eigenvalue weighted by atomic mass is 15.2. The van der Waals surface area contributed by atoms with Gasteiger partial charge in [-0.3, -0.25) is 0 Å². The van der Waals surface area contributed by atoms with Crippen molar-refractivity contribution in [2.45, 2.75) is 39.2 Å². The number of nitrogens with zero attached hydrogens (tertiary/aromatic N) is 2. The van der Waals surface area contributed by atoms with Crippen LogP contribution in [0.2, 0.25) is 0 Å². The number of hydrogen-bond acceptors (Lipinski definition) is 3. The van der Waals surface area contributed by atoms with Gasteiger partial charge in [0.2, 0.25) is 0 Å². The fourth-order valence-electron chi connectivity index (χ4n) is 2.47. The summed E-state index contributed by atoms with van der Waals surface area (Å²) >= 11 is 0. The Bertz CT molecular complexity index is 228. The van der Waals surface area contributed by atoms with Crippen LogP contribution in [-0.4, -0.2) is 37.6 Å². The van der Waals surface area contributed by atoms with Crippen molar-refractivity contribution in [3.63, 3.8) is 0 Å². The fourth-order valence-corrected chi connectivity index (χ4v) is 2.47. The van der Waals surface area contributed by atoms with Gasteiger partial charge in [-0.05, 0) is 38.3 Å². The maximum atomic E-state index is 8.89. The molecule has 0 spiro atoms. The summed E-state index contributed by atoms with van der Waals surface area (Å²) in [6, 6.07) is 2.27. The first-order valence-electron chi connectivity index (χ1n) is 5.99. The van der Waals surface area contributed by atoms with Crippen molar-refractivity contribution in [1.82, 2.24) is 10.2 Å². The number of likely N-dealkylation sites (tertiary alicyclic amines) is 1. The van der Waals surface area contributed by atoms with Gasteiger partial charge in [-0.2, -0.15) is 5.26 Å². The fraction of sp³-hybridized carbons (Fsp3) is 0.917. The van der Waals surface area contributed by atoms with Crippen molar-refractivity contribution >= 4 is 0 Å². The molecule has 0 aromatic carbocycles. The summed E-state index contributed by atoms with van der Waals surface area (Å²) in [5, 5.41) is 11.9. The van der Waals surface area contributed by atoms with Gasteiger partial charge in [0.05, 0.1) is 6.07 Å². The summed E-state index contributed by atoms with van der Waals surface area (Å²) in [4.78, 5) is 2.43. The molecule has 86 valence electrons. The quantitative estimate of drug-likeness (QED) is 0.747. The van der Waals surface area contributed by atoms with Crippen LogP contribution in [0.3, 0.4) is 0 Å². The number of rotatable bonds is 5. The molecule has 0 aliphatic carbocycles. The zero-order valence-corrected chi connectivity index (χ0v) is 10.2. The highest BCUT2D eigenvalue weighted by Crippen LogP contribution is 2.36. The second kappa shape index (κ2) is 5.48. The van der Waals surface area contributed by atoms with E-state index < -0.39 is 0 Å². The van der Waals surface area contributed by atoms with Gasteiger partial charge in [0.25, 0.3) is 0 Å². The van der Waals surface area contributed by atoms with E-state index in [0.717, 1.165) is 13.1 Å². The molecule has 0 saturated carbocycles. The first kappa shape index (κ1) is 12.5. The molecule has 1 fully saturated rings. The molecule has 1 rings (SSSR count). The lowest BCUT2D eigenvalue weighted by Crippen LogP contribution is -2.38. The molecule has 1 atom stereocenters. The minimum absolute atomic E-state index is 0.0190. The minimum atomic E-state index is -0.0190. The third-order valence-corrected chi connectivity index (χ3v) is 3.96. The molecule has 0 amide bonds. The second-order valence-corrected chi connectivity index (χ2v) is 4.66. The lowest BCUT2D eigenvalue weighted by atomic mass is 9.82. The first-order chi connectivity index (χ1) is 7.19. The van der Waals surface area contributed by atoms with Crippen molar-refractivity contribution < 1.29 is 0 Å². The van der Waals surface area contributed by atoms with Gasteiger partial charge in [-0.25, -0.2) is 0 Å². The lowest BCUT2D eigenvalue weighted by molar-refractivity contribution is 0.235. The molecule has 1 N–H and O–H groups in total. The SMILES string of the molecule is CCC1(CC)CCN(CC(C#N)NC)C1. The molecule has 1 saturated heterocycles. The summed E-state index contributed by atoms with van der Waals surface area (Å²) in [6.07, 6.45) is 3.81. The zero-order valence-electron chi connectivity index (χ0n) is 10.2. The molecular weight excluding hydrogens is 186 g/mol. The van der Waals surface area contributed by atoms with E-state index in [2.05, 4.69) is 30.1 Å². The summed E-state index contributed by atoms with van der Waals surface area (Å²) in [7, 11) is 1.86. The van der Waals surface area contributed by atoms with Gasteiger partial charge in [-0.15, -0.1) is 0 Å². The van der Waals surface area contributed by atoms with Gasteiger partial charge in [0, 0.05) is 13.1 Å². The Hall–Kier alpha value is -0.590. The minimum Gasteiger partial charge on any atom is -0.304 e. The van der Waals surface area contributed by atoms with Crippen LogP contribution in [0.15, 0.2) is 0 Å². The molecule has 1 aliphatic heterocycles. The molecule has 15 heavy (non-hydrogen) atoms. The van der Waals surface area contributed by atoms with E-state index in [-0.39, 0.29) is 6.04 Å². The average Bonchev–Trinajstić information content (AvgIpc) is 2.70. The van der Waals surface area contributed by atoms with Crippen molar-refractivity contribution in [2.24, 2.45) is 5.41 Å². The number of likely N-dealkylation sites (N-methyl/N-ethyl adjacent to an activating group) is 1. The van der Waals surface area contributed by atoms with Gasteiger partial charge in [0.15, 0.2) is 0 Å². The molecule has 3 nitrogen and oxygen atoms in total. The molecule has 3 heteroatoms. The molecule has 0 bridgehead atoms. The van der Waals surface area contributed by atoms with Crippen molar-refractivity contribution in [1.29, 1.82) is 5.26 Å². The van der Waals surface area contributed by atoms with Gasteiger partial charge < -0.3 is 10.2 Å². The van der Waals surface area contributed by atoms with Crippen LogP contribution in [0.5, 0.6) is 0 Å². The Kier molecular flexibility index (Phi) is 4.56. The summed E-state index contributed by atoms with van der Waals surface area (Å²) < 4.78 is 0. The highest BCUT2D eigenvalue weighted by Gasteiger charge is 2.35. The molecule has 0 aromatic heterocycles. The van der Waals surface area contributed by atoms with E-state index in [1.165, 1.54) is 25.8 Å². The largest absolute Gasteiger partial charge is 0.304 e. The molecular formula is C12H23N3. The van der Waals surface area contributed by atoms with Gasteiger partial charge in [0.1, 0.15) is 6.04 Å². The van der Waals surface area contributed by atoms with Crippen LogP contribution < -0.4 is 5.32 Å². The highest BCUT2D eigenvalue weighted by molar-refractivity contribution is 4.95. The topological polar surface area (TPSA) is 39.1 Å². The van der Waals surface area contributed by atoms with Crippen LogP contribution >= 0.6 is 0 Å². The Balaban J connectivity index is 2.46. The average molecular weight is 209 g/mol.